The normalized spacial score (nSPS) is 10.4. The Labute approximate surface area is 146 Å². The van der Waals surface area contributed by atoms with Gasteiger partial charge in [-0.15, -0.1) is 0 Å². The van der Waals surface area contributed by atoms with Crippen LogP contribution >= 0.6 is 23.2 Å². The molecular formula is C18H19Cl2NO2. The fourth-order valence-corrected chi connectivity index (χ4v) is 2.62. The first-order valence-electron chi connectivity index (χ1n) is 7.47. The van der Waals surface area contributed by atoms with Crippen LogP contribution in [-0.4, -0.2) is 12.5 Å². The second kappa shape index (κ2) is 8.23. The zero-order valence-corrected chi connectivity index (χ0v) is 14.7. The summed E-state index contributed by atoms with van der Waals surface area (Å²) in [5.41, 5.74) is 2.63. The third kappa shape index (κ3) is 4.88. The summed E-state index contributed by atoms with van der Waals surface area (Å²) in [4.78, 5) is 12.2. The molecule has 1 amide bonds. The Kier molecular flexibility index (Phi) is 6.31. The summed E-state index contributed by atoms with van der Waals surface area (Å²) in [6.07, 6.45) is 0.853. The van der Waals surface area contributed by atoms with Crippen LogP contribution in [-0.2, 0) is 6.54 Å². The molecule has 5 heteroatoms. The van der Waals surface area contributed by atoms with Crippen molar-refractivity contribution in [1.82, 2.24) is 5.32 Å². The molecule has 0 unspecified atom stereocenters. The standard InChI is InChI=1S/C18H19Cl2NO2/c1-3-8-23-17-15(19)9-14(10-16(17)20)18(22)21-11-13-6-4-12(2)5-7-13/h4-7,9-10H,3,8,11H2,1-2H3,(H,21,22). The predicted octanol–water partition coefficient (Wildman–Crippen LogP) is 5.02. The third-order valence-corrected chi connectivity index (χ3v) is 3.85. The second-order valence-electron chi connectivity index (χ2n) is 5.29. The maximum atomic E-state index is 12.2. The van der Waals surface area contributed by atoms with E-state index in [0.717, 1.165) is 12.0 Å². The molecule has 0 radical (unpaired) electrons. The minimum atomic E-state index is -0.226. The van der Waals surface area contributed by atoms with Crippen molar-refractivity contribution in [2.24, 2.45) is 0 Å². The number of hydrogen-bond acceptors (Lipinski definition) is 2. The van der Waals surface area contributed by atoms with Gasteiger partial charge in [-0.3, -0.25) is 4.79 Å². The largest absolute Gasteiger partial charge is 0.490 e. The maximum Gasteiger partial charge on any atom is 0.251 e. The van der Waals surface area contributed by atoms with Gasteiger partial charge in [0.2, 0.25) is 0 Å². The SMILES string of the molecule is CCCOc1c(Cl)cc(C(=O)NCc2ccc(C)cc2)cc1Cl. The monoisotopic (exact) mass is 351 g/mol. The van der Waals surface area contributed by atoms with Crippen molar-refractivity contribution < 1.29 is 9.53 Å². The average Bonchev–Trinajstić information content (AvgIpc) is 2.53. The molecular weight excluding hydrogens is 333 g/mol. The maximum absolute atomic E-state index is 12.2. The molecule has 0 spiro atoms. The van der Waals surface area contributed by atoms with Gasteiger partial charge in [0.05, 0.1) is 16.7 Å². The molecule has 0 aliphatic carbocycles. The number of nitrogens with one attached hydrogen (secondary N) is 1. The molecule has 122 valence electrons. The van der Waals surface area contributed by atoms with E-state index in [1.54, 1.807) is 12.1 Å². The molecule has 0 saturated heterocycles. The lowest BCUT2D eigenvalue weighted by Gasteiger charge is -2.11. The van der Waals surface area contributed by atoms with Crippen LogP contribution in [0, 0.1) is 6.92 Å². The van der Waals surface area contributed by atoms with Crippen LogP contribution < -0.4 is 10.1 Å². The Morgan fingerprint density at radius 3 is 2.30 bits per heavy atom. The van der Waals surface area contributed by atoms with Crippen molar-refractivity contribution in [3.05, 3.63) is 63.1 Å². The number of benzene rings is 2. The molecule has 23 heavy (non-hydrogen) atoms. The third-order valence-electron chi connectivity index (χ3n) is 3.28. The van der Waals surface area contributed by atoms with Crippen molar-refractivity contribution >= 4 is 29.1 Å². The van der Waals surface area contributed by atoms with Crippen molar-refractivity contribution in [3.63, 3.8) is 0 Å². The molecule has 0 saturated carbocycles. The van der Waals surface area contributed by atoms with E-state index in [2.05, 4.69) is 5.32 Å². The highest BCUT2D eigenvalue weighted by atomic mass is 35.5. The van der Waals surface area contributed by atoms with Gasteiger partial charge in [0.25, 0.3) is 5.91 Å². The number of ether oxygens (including phenoxy) is 1. The van der Waals surface area contributed by atoms with Gasteiger partial charge in [0, 0.05) is 12.1 Å². The van der Waals surface area contributed by atoms with E-state index in [1.807, 2.05) is 38.1 Å². The molecule has 0 aliphatic rings. The first-order chi connectivity index (χ1) is 11.0. The lowest BCUT2D eigenvalue weighted by molar-refractivity contribution is 0.0951. The smallest absolute Gasteiger partial charge is 0.251 e. The summed E-state index contributed by atoms with van der Waals surface area (Å²) < 4.78 is 5.50. The van der Waals surface area contributed by atoms with Crippen LogP contribution in [0.3, 0.4) is 0 Å². The molecule has 2 aromatic carbocycles. The topological polar surface area (TPSA) is 38.3 Å². The van der Waals surface area contributed by atoms with Gasteiger partial charge in [-0.1, -0.05) is 60.0 Å². The Morgan fingerprint density at radius 1 is 1.13 bits per heavy atom. The summed E-state index contributed by atoms with van der Waals surface area (Å²) >= 11 is 12.3. The molecule has 3 nitrogen and oxygen atoms in total. The van der Waals surface area contributed by atoms with Gasteiger partial charge >= 0.3 is 0 Å². The molecule has 0 bridgehead atoms. The number of carbonyl (C=O) groups excluding carboxylic acids is 1. The van der Waals surface area contributed by atoms with Gasteiger partial charge in [-0.2, -0.15) is 0 Å². The van der Waals surface area contributed by atoms with E-state index < -0.39 is 0 Å². The molecule has 2 rings (SSSR count). The number of rotatable bonds is 6. The van der Waals surface area contributed by atoms with E-state index in [0.29, 0.717) is 34.5 Å². The molecule has 1 N–H and O–H groups in total. The number of halogens is 2. The Balaban J connectivity index is 2.05. The Hall–Kier alpha value is -1.71. The first kappa shape index (κ1) is 17.6. The highest BCUT2D eigenvalue weighted by Crippen LogP contribution is 2.34. The lowest BCUT2D eigenvalue weighted by Crippen LogP contribution is -2.22. The van der Waals surface area contributed by atoms with Crippen LogP contribution in [0.1, 0.15) is 34.8 Å². The van der Waals surface area contributed by atoms with E-state index in [9.17, 15) is 4.79 Å². The zero-order valence-electron chi connectivity index (χ0n) is 13.2. The molecule has 2 aromatic rings. The molecule has 0 fully saturated rings. The van der Waals surface area contributed by atoms with E-state index >= 15 is 0 Å². The predicted molar refractivity (Wildman–Crippen MR) is 94.6 cm³/mol. The molecule has 0 atom stereocenters. The summed E-state index contributed by atoms with van der Waals surface area (Å²) in [5.74, 6) is 0.196. The zero-order chi connectivity index (χ0) is 16.8. The van der Waals surface area contributed by atoms with Crippen molar-refractivity contribution in [2.75, 3.05) is 6.61 Å². The van der Waals surface area contributed by atoms with Crippen LogP contribution in [0.15, 0.2) is 36.4 Å². The average molecular weight is 352 g/mol. The van der Waals surface area contributed by atoms with E-state index in [1.165, 1.54) is 5.56 Å². The van der Waals surface area contributed by atoms with Crippen LogP contribution in [0.4, 0.5) is 0 Å². The van der Waals surface area contributed by atoms with E-state index in [4.69, 9.17) is 27.9 Å². The number of amides is 1. The van der Waals surface area contributed by atoms with Gasteiger partial charge in [0.15, 0.2) is 5.75 Å². The molecule has 0 aliphatic heterocycles. The van der Waals surface area contributed by atoms with Crippen molar-refractivity contribution in [1.29, 1.82) is 0 Å². The highest BCUT2D eigenvalue weighted by Gasteiger charge is 2.14. The van der Waals surface area contributed by atoms with Gasteiger partial charge in [-0.05, 0) is 31.0 Å². The minimum Gasteiger partial charge on any atom is -0.490 e. The summed E-state index contributed by atoms with van der Waals surface area (Å²) in [7, 11) is 0. The van der Waals surface area contributed by atoms with Crippen LogP contribution in [0.5, 0.6) is 5.75 Å². The molecule has 0 aromatic heterocycles. The minimum absolute atomic E-state index is 0.226. The van der Waals surface area contributed by atoms with Gasteiger partial charge < -0.3 is 10.1 Å². The fraction of sp³-hybridized carbons (Fsp3) is 0.278. The lowest BCUT2D eigenvalue weighted by atomic mass is 10.1. The van der Waals surface area contributed by atoms with Crippen LogP contribution in [0.25, 0.3) is 0 Å². The Morgan fingerprint density at radius 2 is 1.74 bits per heavy atom. The van der Waals surface area contributed by atoms with Crippen molar-refractivity contribution in [2.45, 2.75) is 26.8 Å². The molecule has 0 heterocycles. The number of aryl methyl sites for hydroxylation is 1. The van der Waals surface area contributed by atoms with Crippen LogP contribution in [0.2, 0.25) is 10.0 Å². The first-order valence-corrected chi connectivity index (χ1v) is 8.22. The van der Waals surface area contributed by atoms with Gasteiger partial charge in [-0.25, -0.2) is 0 Å². The number of carbonyl (C=O) groups is 1. The quantitative estimate of drug-likeness (QED) is 0.793. The summed E-state index contributed by atoms with van der Waals surface area (Å²) in [6, 6.07) is 11.1. The summed E-state index contributed by atoms with van der Waals surface area (Å²) in [6.45, 7) is 4.99. The number of hydrogen-bond donors (Lipinski definition) is 1. The Bertz CT molecular complexity index is 661. The highest BCUT2D eigenvalue weighted by molar-refractivity contribution is 6.37. The van der Waals surface area contributed by atoms with Crippen molar-refractivity contribution in [3.8, 4) is 5.75 Å². The van der Waals surface area contributed by atoms with Gasteiger partial charge in [0.1, 0.15) is 0 Å². The fourth-order valence-electron chi connectivity index (χ4n) is 2.02. The van der Waals surface area contributed by atoms with E-state index in [-0.39, 0.29) is 5.91 Å². The second-order valence-corrected chi connectivity index (χ2v) is 6.10. The summed E-state index contributed by atoms with van der Waals surface area (Å²) in [5, 5.41) is 3.53.